The first-order valence-electron chi connectivity index (χ1n) is 7.40. The van der Waals surface area contributed by atoms with Crippen molar-refractivity contribution < 1.29 is 4.79 Å². The molecule has 1 unspecified atom stereocenters. The van der Waals surface area contributed by atoms with Crippen LogP contribution < -0.4 is 10.2 Å². The minimum absolute atomic E-state index is 0.0566. The molecule has 1 fully saturated rings. The lowest BCUT2D eigenvalue weighted by Crippen LogP contribution is -2.44. The van der Waals surface area contributed by atoms with Gasteiger partial charge in [-0.2, -0.15) is 0 Å². The molecule has 21 heavy (non-hydrogen) atoms. The summed E-state index contributed by atoms with van der Waals surface area (Å²) < 4.78 is 0. The normalized spacial score (nSPS) is 19.2. The number of carbonyl (C=O) groups is 1. The molecule has 112 valence electrons. The van der Waals surface area contributed by atoms with Crippen LogP contribution in [-0.4, -0.2) is 35.0 Å². The minimum atomic E-state index is 0.0566. The third-order valence-electron chi connectivity index (χ3n) is 3.65. The zero-order valence-electron chi connectivity index (χ0n) is 12.4. The van der Waals surface area contributed by atoms with Crippen molar-refractivity contribution in [1.82, 2.24) is 15.3 Å². The standard InChI is InChI=1S/C15H20N4OS/c1-10(2)17-13(20)11-5-4-8-19(9-11)15-18-12-6-3-7-16-14(12)21-15/h3,6-7,10-11H,4-5,8-9H2,1-2H3,(H,17,20). The molecular weight excluding hydrogens is 284 g/mol. The van der Waals surface area contributed by atoms with E-state index in [4.69, 9.17) is 0 Å². The van der Waals surface area contributed by atoms with E-state index in [0.717, 1.165) is 41.4 Å². The Morgan fingerprint density at radius 1 is 1.52 bits per heavy atom. The fourth-order valence-electron chi connectivity index (χ4n) is 2.66. The van der Waals surface area contributed by atoms with Crippen LogP contribution in [0.4, 0.5) is 5.13 Å². The van der Waals surface area contributed by atoms with E-state index >= 15 is 0 Å². The number of thiazole rings is 1. The molecule has 6 heteroatoms. The third kappa shape index (κ3) is 3.15. The van der Waals surface area contributed by atoms with Crippen molar-refractivity contribution in [1.29, 1.82) is 0 Å². The molecule has 0 spiro atoms. The monoisotopic (exact) mass is 304 g/mol. The molecule has 0 saturated carbocycles. The van der Waals surface area contributed by atoms with Crippen molar-refractivity contribution in [3.63, 3.8) is 0 Å². The molecule has 0 radical (unpaired) electrons. The highest BCUT2D eigenvalue weighted by Gasteiger charge is 2.27. The zero-order valence-corrected chi connectivity index (χ0v) is 13.2. The first-order chi connectivity index (χ1) is 10.1. The van der Waals surface area contributed by atoms with Gasteiger partial charge < -0.3 is 10.2 Å². The molecule has 3 rings (SSSR count). The predicted octanol–water partition coefficient (Wildman–Crippen LogP) is 2.43. The molecule has 1 atom stereocenters. The molecule has 1 saturated heterocycles. The average molecular weight is 304 g/mol. The van der Waals surface area contributed by atoms with Crippen LogP contribution >= 0.6 is 11.3 Å². The van der Waals surface area contributed by atoms with E-state index in [9.17, 15) is 4.79 Å². The van der Waals surface area contributed by atoms with E-state index in [1.165, 1.54) is 0 Å². The maximum Gasteiger partial charge on any atom is 0.225 e. The summed E-state index contributed by atoms with van der Waals surface area (Å²) in [6, 6.07) is 4.08. The van der Waals surface area contributed by atoms with Crippen molar-refractivity contribution in [2.24, 2.45) is 5.92 Å². The Labute approximate surface area is 128 Å². The second-order valence-electron chi connectivity index (χ2n) is 5.77. The number of rotatable bonds is 3. The molecule has 0 bridgehead atoms. The van der Waals surface area contributed by atoms with Crippen LogP contribution in [0.25, 0.3) is 10.3 Å². The van der Waals surface area contributed by atoms with E-state index in [2.05, 4.69) is 20.2 Å². The molecule has 2 aromatic rings. The highest BCUT2D eigenvalue weighted by atomic mass is 32.1. The highest BCUT2D eigenvalue weighted by Crippen LogP contribution is 2.30. The molecule has 5 nitrogen and oxygen atoms in total. The number of carbonyl (C=O) groups excluding carboxylic acids is 1. The molecule has 2 aromatic heterocycles. The number of hydrogen-bond acceptors (Lipinski definition) is 5. The summed E-state index contributed by atoms with van der Waals surface area (Å²) in [6.07, 6.45) is 3.77. The van der Waals surface area contributed by atoms with Gasteiger partial charge >= 0.3 is 0 Å². The van der Waals surface area contributed by atoms with Gasteiger partial charge in [0.2, 0.25) is 5.91 Å². The van der Waals surface area contributed by atoms with Gasteiger partial charge in [-0.25, -0.2) is 9.97 Å². The topological polar surface area (TPSA) is 58.1 Å². The molecule has 1 aliphatic heterocycles. The number of anilines is 1. The number of amides is 1. The van der Waals surface area contributed by atoms with Gasteiger partial charge in [0.1, 0.15) is 10.3 Å². The number of pyridine rings is 1. The van der Waals surface area contributed by atoms with Crippen LogP contribution in [0.5, 0.6) is 0 Å². The molecular formula is C15H20N4OS. The van der Waals surface area contributed by atoms with Crippen LogP contribution in [-0.2, 0) is 4.79 Å². The second kappa shape index (κ2) is 5.97. The van der Waals surface area contributed by atoms with E-state index < -0.39 is 0 Å². The SMILES string of the molecule is CC(C)NC(=O)C1CCCN(c2nc3cccnc3s2)C1. The Hall–Kier alpha value is -1.69. The first-order valence-corrected chi connectivity index (χ1v) is 8.22. The number of piperidine rings is 1. The summed E-state index contributed by atoms with van der Waals surface area (Å²) in [5, 5.41) is 3.99. The summed E-state index contributed by atoms with van der Waals surface area (Å²) in [7, 11) is 0. The van der Waals surface area contributed by atoms with Gasteiger partial charge in [0.05, 0.1) is 5.92 Å². The number of hydrogen-bond donors (Lipinski definition) is 1. The second-order valence-corrected chi connectivity index (χ2v) is 6.73. The van der Waals surface area contributed by atoms with Gasteiger partial charge in [-0.1, -0.05) is 11.3 Å². The third-order valence-corrected chi connectivity index (χ3v) is 4.69. The van der Waals surface area contributed by atoms with E-state index in [1.54, 1.807) is 17.5 Å². The van der Waals surface area contributed by atoms with Gasteiger partial charge in [-0.05, 0) is 38.8 Å². The van der Waals surface area contributed by atoms with Crippen LogP contribution in [0, 0.1) is 5.92 Å². The zero-order chi connectivity index (χ0) is 14.8. The van der Waals surface area contributed by atoms with Crippen molar-refractivity contribution in [3.8, 4) is 0 Å². The van der Waals surface area contributed by atoms with Crippen LogP contribution in [0.1, 0.15) is 26.7 Å². The molecule has 1 amide bonds. The summed E-state index contributed by atoms with van der Waals surface area (Å²) >= 11 is 1.60. The lowest BCUT2D eigenvalue weighted by atomic mass is 9.97. The minimum Gasteiger partial charge on any atom is -0.354 e. The fourth-order valence-corrected chi connectivity index (χ4v) is 3.60. The predicted molar refractivity (Wildman–Crippen MR) is 85.6 cm³/mol. The van der Waals surface area contributed by atoms with Crippen molar-refractivity contribution >= 4 is 32.7 Å². The summed E-state index contributed by atoms with van der Waals surface area (Å²) in [5.74, 6) is 0.218. The maximum absolute atomic E-state index is 12.2. The van der Waals surface area contributed by atoms with Crippen molar-refractivity contribution in [3.05, 3.63) is 18.3 Å². The molecule has 1 N–H and O–H groups in total. The van der Waals surface area contributed by atoms with Gasteiger partial charge in [-0.15, -0.1) is 0 Å². The average Bonchev–Trinajstić information content (AvgIpc) is 2.90. The maximum atomic E-state index is 12.2. The largest absolute Gasteiger partial charge is 0.354 e. The Bertz CT molecular complexity index is 606. The van der Waals surface area contributed by atoms with Gasteiger partial charge in [0, 0.05) is 25.3 Å². The quantitative estimate of drug-likeness (QED) is 0.946. The van der Waals surface area contributed by atoms with E-state index in [1.807, 2.05) is 26.0 Å². The Morgan fingerprint density at radius 2 is 2.38 bits per heavy atom. The smallest absolute Gasteiger partial charge is 0.225 e. The Kier molecular flexibility index (Phi) is 4.05. The lowest BCUT2D eigenvalue weighted by molar-refractivity contribution is -0.125. The molecule has 3 heterocycles. The first kappa shape index (κ1) is 14.3. The molecule has 0 aliphatic carbocycles. The molecule has 0 aromatic carbocycles. The Morgan fingerprint density at radius 3 is 3.14 bits per heavy atom. The van der Waals surface area contributed by atoms with Gasteiger partial charge in [0.15, 0.2) is 5.13 Å². The highest BCUT2D eigenvalue weighted by molar-refractivity contribution is 7.21. The summed E-state index contributed by atoms with van der Waals surface area (Å²) in [5.41, 5.74) is 0.936. The van der Waals surface area contributed by atoms with Crippen molar-refractivity contribution in [2.75, 3.05) is 18.0 Å². The van der Waals surface area contributed by atoms with Crippen LogP contribution in [0.2, 0.25) is 0 Å². The number of nitrogens with zero attached hydrogens (tertiary/aromatic N) is 3. The number of nitrogens with one attached hydrogen (secondary N) is 1. The fraction of sp³-hybridized carbons (Fsp3) is 0.533. The van der Waals surface area contributed by atoms with Gasteiger partial charge in [0.25, 0.3) is 0 Å². The van der Waals surface area contributed by atoms with Crippen molar-refractivity contribution in [2.45, 2.75) is 32.7 Å². The van der Waals surface area contributed by atoms with Gasteiger partial charge in [-0.3, -0.25) is 4.79 Å². The number of aromatic nitrogens is 2. The summed E-state index contributed by atoms with van der Waals surface area (Å²) in [4.78, 5) is 24.4. The Balaban J connectivity index is 1.74. The summed E-state index contributed by atoms with van der Waals surface area (Å²) in [6.45, 7) is 5.71. The van der Waals surface area contributed by atoms with E-state index in [-0.39, 0.29) is 17.9 Å². The van der Waals surface area contributed by atoms with Crippen LogP contribution in [0.15, 0.2) is 18.3 Å². The number of fused-ring (bicyclic) bond motifs is 1. The molecule has 1 aliphatic rings. The van der Waals surface area contributed by atoms with E-state index in [0.29, 0.717) is 0 Å². The van der Waals surface area contributed by atoms with Crippen LogP contribution in [0.3, 0.4) is 0 Å². The lowest BCUT2D eigenvalue weighted by Gasteiger charge is -2.32.